The van der Waals surface area contributed by atoms with Crippen molar-refractivity contribution in [1.82, 2.24) is 0 Å². The van der Waals surface area contributed by atoms with E-state index in [4.69, 9.17) is 11.0 Å². The summed E-state index contributed by atoms with van der Waals surface area (Å²) in [4.78, 5) is 0. The highest BCUT2D eigenvalue weighted by atomic mass is 19.4. The number of halogens is 3. The van der Waals surface area contributed by atoms with E-state index in [0.717, 1.165) is 6.07 Å². The highest BCUT2D eigenvalue weighted by Crippen LogP contribution is 2.32. The molecule has 2 aromatic rings. The second kappa shape index (κ2) is 5.75. The molecule has 0 unspecified atom stereocenters. The normalized spacial score (nSPS) is 11.0. The summed E-state index contributed by atoms with van der Waals surface area (Å²) in [5, 5.41) is 11.6. The van der Waals surface area contributed by atoms with Crippen LogP contribution in [0.3, 0.4) is 0 Å². The van der Waals surface area contributed by atoms with Gasteiger partial charge in [-0.3, -0.25) is 0 Å². The summed E-state index contributed by atoms with van der Waals surface area (Å²) in [6.07, 6.45) is -4.39. The average Bonchev–Trinajstić information content (AvgIpc) is 2.45. The van der Waals surface area contributed by atoms with Crippen LogP contribution in [0, 0.1) is 11.3 Å². The zero-order valence-electron chi connectivity index (χ0n) is 10.9. The lowest BCUT2D eigenvalue weighted by Crippen LogP contribution is -2.12. The number of nitrogens with one attached hydrogen (secondary N) is 1. The van der Waals surface area contributed by atoms with Crippen LogP contribution in [0.1, 0.15) is 16.7 Å². The first-order chi connectivity index (χ1) is 9.91. The maximum Gasteiger partial charge on any atom is 0.416 e. The van der Waals surface area contributed by atoms with Crippen molar-refractivity contribution in [2.75, 3.05) is 11.1 Å². The molecule has 0 spiro atoms. The molecule has 108 valence electrons. The fourth-order valence-electron chi connectivity index (χ4n) is 1.93. The SMILES string of the molecule is N#Cc1ccc(NCc2ccccc2C(F)(F)F)c(N)c1. The molecule has 0 aromatic heterocycles. The Morgan fingerprint density at radius 2 is 1.86 bits per heavy atom. The van der Waals surface area contributed by atoms with Gasteiger partial charge in [-0.1, -0.05) is 18.2 Å². The van der Waals surface area contributed by atoms with Crippen LogP contribution in [-0.4, -0.2) is 0 Å². The second-order valence-electron chi connectivity index (χ2n) is 4.42. The number of nitriles is 1. The minimum absolute atomic E-state index is 0.00815. The molecule has 2 aromatic carbocycles. The number of anilines is 2. The van der Waals surface area contributed by atoms with Gasteiger partial charge in [0.15, 0.2) is 0 Å². The summed E-state index contributed by atoms with van der Waals surface area (Å²) >= 11 is 0. The topological polar surface area (TPSA) is 61.8 Å². The van der Waals surface area contributed by atoms with E-state index in [2.05, 4.69) is 5.32 Å². The van der Waals surface area contributed by atoms with Crippen LogP contribution in [0.2, 0.25) is 0 Å². The van der Waals surface area contributed by atoms with E-state index in [1.807, 2.05) is 6.07 Å². The van der Waals surface area contributed by atoms with Crippen LogP contribution in [0.25, 0.3) is 0 Å². The molecule has 6 heteroatoms. The van der Waals surface area contributed by atoms with Crippen LogP contribution < -0.4 is 11.1 Å². The lowest BCUT2D eigenvalue weighted by molar-refractivity contribution is -0.138. The van der Waals surface area contributed by atoms with Crippen LogP contribution in [0.5, 0.6) is 0 Å². The van der Waals surface area contributed by atoms with Gasteiger partial charge in [-0.2, -0.15) is 18.4 Å². The predicted molar refractivity (Wildman–Crippen MR) is 74.3 cm³/mol. The number of nitrogens with two attached hydrogens (primary N) is 1. The quantitative estimate of drug-likeness (QED) is 0.846. The summed E-state index contributed by atoms with van der Waals surface area (Å²) in [5.41, 5.74) is 6.41. The first-order valence-electron chi connectivity index (χ1n) is 6.10. The van der Waals surface area contributed by atoms with Gasteiger partial charge >= 0.3 is 6.18 Å². The standard InChI is InChI=1S/C15H12F3N3/c16-15(17,18)12-4-2-1-3-11(12)9-21-14-6-5-10(8-19)7-13(14)20/h1-7,21H,9,20H2. The molecule has 0 bridgehead atoms. The molecular weight excluding hydrogens is 279 g/mol. The Morgan fingerprint density at radius 3 is 2.48 bits per heavy atom. The minimum Gasteiger partial charge on any atom is -0.397 e. The number of hydrogen-bond donors (Lipinski definition) is 2. The van der Waals surface area contributed by atoms with E-state index < -0.39 is 11.7 Å². The van der Waals surface area contributed by atoms with E-state index in [-0.39, 0.29) is 12.1 Å². The van der Waals surface area contributed by atoms with E-state index in [1.165, 1.54) is 18.2 Å². The highest BCUT2D eigenvalue weighted by Gasteiger charge is 2.32. The Hall–Kier alpha value is -2.68. The van der Waals surface area contributed by atoms with Crippen LogP contribution >= 0.6 is 0 Å². The Labute approximate surface area is 119 Å². The van der Waals surface area contributed by atoms with Crippen molar-refractivity contribution in [3.8, 4) is 6.07 Å². The van der Waals surface area contributed by atoms with Gasteiger partial charge in [0, 0.05) is 6.54 Å². The van der Waals surface area contributed by atoms with Gasteiger partial charge in [0.05, 0.1) is 28.6 Å². The lowest BCUT2D eigenvalue weighted by Gasteiger charge is -2.14. The maximum absolute atomic E-state index is 12.9. The molecule has 0 fully saturated rings. The van der Waals surface area contributed by atoms with Crippen LogP contribution in [0.4, 0.5) is 24.5 Å². The Kier molecular flexibility index (Phi) is 4.03. The molecule has 3 nitrogen and oxygen atoms in total. The molecule has 0 aliphatic heterocycles. The monoisotopic (exact) mass is 291 g/mol. The van der Waals surface area contributed by atoms with E-state index in [9.17, 15) is 13.2 Å². The molecule has 0 heterocycles. The maximum atomic E-state index is 12.9. The summed E-state index contributed by atoms with van der Waals surface area (Å²) < 4.78 is 38.6. The molecule has 0 aliphatic carbocycles. The van der Waals surface area contributed by atoms with Gasteiger partial charge in [0.1, 0.15) is 0 Å². The third-order valence-electron chi connectivity index (χ3n) is 2.97. The molecule has 0 atom stereocenters. The predicted octanol–water partition coefficient (Wildman–Crippen LogP) is 3.77. The fourth-order valence-corrected chi connectivity index (χ4v) is 1.93. The lowest BCUT2D eigenvalue weighted by atomic mass is 10.1. The van der Waals surface area contributed by atoms with Crippen molar-refractivity contribution >= 4 is 11.4 Å². The van der Waals surface area contributed by atoms with Gasteiger partial charge in [0.2, 0.25) is 0 Å². The number of alkyl halides is 3. The minimum atomic E-state index is -4.39. The van der Waals surface area contributed by atoms with Crippen molar-refractivity contribution in [1.29, 1.82) is 5.26 Å². The Balaban J connectivity index is 2.20. The van der Waals surface area contributed by atoms with E-state index in [0.29, 0.717) is 16.9 Å². The van der Waals surface area contributed by atoms with Gasteiger partial charge in [-0.05, 0) is 29.8 Å². The van der Waals surface area contributed by atoms with Gasteiger partial charge < -0.3 is 11.1 Å². The van der Waals surface area contributed by atoms with Crippen molar-refractivity contribution in [3.63, 3.8) is 0 Å². The molecular formula is C15H12F3N3. The van der Waals surface area contributed by atoms with Crippen molar-refractivity contribution in [2.24, 2.45) is 0 Å². The summed E-state index contributed by atoms with van der Waals surface area (Å²) in [7, 11) is 0. The number of nitrogen functional groups attached to an aromatic ring is 1. The van der Waals surface area contributed by atoms with Gasteiger partial charge in [0.25, 0.3) is 0 Å². The second-order valence-corrected chi connectivity index (χ2v) is 4.42. The van der Waals surface area contributed by atoms with Crippen molar-refractivity contribution in [2.45, 2.75) is 12.7 Å². The molecule has 21 heavy (non-hydrogen) atoms. The summed E-state index contributed by atoms with van der Waals surface area (Å²) in [5.74, 6) is 0. The zero-order chi connectivity index (χ0) is 15.5. The zero-order valence-corrected chi connectivity index (χ0v) is 10.9. The first-order valence-corrected chi connectivity index (χ1v) is 6.10. The van der Waals surface area contributed by atoms with Crippen molar-refractivity contribution < 1.29 is 13.2 Å². The molecule has 2 rings (SSSR count). The Bertz CT molecular complexity index is 687. The summed E-state index contributed by atoms with van der Waals surface area (Å²) in [6, 6.07) is 11.9. The molecule has 0 aliphatic rings. The third-order valence-corrected chi connectivity index (χ3v) is 2.97. The number of nitrogens with zero attached hydrogens (tertiary/aromatic N) is 1. The van der Waals surface area contributed by atoms with Crippen LogP contribution in [0.15, 0.2) is 42.5 Å². The van der Waals surface area contributed by atoms with Gasteiger partial charge in [-0.25, -0.2) is 0 Å². The van der Waals surface area contributed by atoms with E-state index in [1.54, 1.807) is 18.2 Å². The average molecular weight is 291 g/mol. The number of rotatable bonds is 3. The van der Waals surface area contributed by atoms with Crippen LogP contribution in [-0.2, 0) is 12.7 Å². The number of benzene rings is 2. The molecule has 3 N–H and O–H groups in total. The highest BCUT2D eigenvalue weighted by molar-refractivity contribution is 5.68. The summed E-state index contributed by atoms with van der Waals surface area (Å²) in [6.45, 7) is -0.00815. The largest absolute Gasteiger partial charge is 0.416 e. The molecule has 0 saturated carbocycles. The molecule has 0 amide bonds. The Morgan fingerprint density at radius 1 is 1.14 bits per heavy atom. The molecule has 0 saturated heterocycles. The fraction of sp³-hybridized carbons (Fsp3) is 0.133. The first kappa shape index (κ1) is 14.7. The third kappa shape index (κ3) is 3.45. The van der Waals surface area contributed by atoms with Gasteiger partial charge in [-0.15, -0.1) is 0 Å². The molecule has 0 radical (unpaired) electrons. The van der Waals surface area contributed by atoms with E-state index >= 15 is 0 Å². The smallest absolute Gasteiger partial charge is 0.397 e. The number of hydrogen-bond acceptors (Lipinski definition) is 3. The van der Waals surface area contributed by atoms with Crippen molar-refractivity contribution in [3.05, 3.63) is 59.2 Å².